The molecule has 0 aliphatic carbocycles. The molecule has 2 aromatic heterocycles. The van der Waals surface area contributed by atoms with Crippen LogP contribution in [0.15, 0.2) is 115 Å². The second kappa shape index (κ2) is 23.0. The number of hydrogen-bond acceptors (Lipinski definition) is 20. The van der Waals surface area contributed by atoms with Gasteiger partial charge in [-0.15, -0.1) is 10.2 Å². The van der Waals surface area contributed by atoms with Crippen LogP contribution in [0.2, 0.25) is 0 Å². The van der Waals surface area contributed by atoms with Crippen LogP contribution in [-0.2, 0) is 37.3 Å². The van der Waals surface area contributed by atoms with Gasteiger partial charge in [0.25, 0.3) is 11.4 Å². The van der Waals surface area contributed by atoms with Gasteiger partial charge in [0.05, 0.1) is 53.8 Å². The van der Waals surface area contributed by atoms with Gasteiger partial charge in [0.15, 0.2) is 0 Å². The molecule has 62 heavy (non-hydrogen) atoms. The fourth-order valence-electron chi connectivity index (χ4n) is 4.69. The normalized spacial score (nSPS) is 11.0. The van der Waals surface area contributed by atoms with Crippen molar-refractivity contribution < 1.29 is 162 Å². The zero-order valence-electron chi connectivity index (χ0n) is 32.4. The minimum Gasteiger partial charge on any atom is -0.871 e. The maximum absolute atomic E-state index is 12.5. The van der Waals surface area contributed by atoms with E-state index in [1.165, 1.54) is 38.1 Å². The monoisotopic (exact) mass is 957 g/mol. The van der Waals surface area contributed by atoms with Crippen LogP contribution in [0.25, 0.3) is 11.4 Å². The molecule has 0 amide bonds. The third-order valence-corrected chi connectivity index (χ3v) is 9.24. The molecule has 0 atom stereocenters. The van der Waals surface area contributed by atoms with Crippen molar-refractivity contribution in [2.45, 2.75) is 23.6 Å². The number of aromatic nitrogens is 4. The third kappa shape index (κ3) is 13.4. The fraction of sp³-hybridized carbons (Fsp3) is 0.0625. The number of benzene rings is 4. The number of rotatable bonds is 10. The van der Waals surface area contributed by atoms with E-state index in [0.29, 0.717) is 0 Å². The molecule has 30 heteroatoms. The Kier molecular flexibility index (Phi) is 20.7. The Morgan fingerprint density at radius 1 is 0.532 bits per heavy atom. The zero-order valence-corrected chi connectivity index (χ0v) is 41.2. The van der Waals surface area contributed by atoms with Crippen LogP contribution in [0, 0.1) is 34.1 Å². The largest absolute Gasteiger partial charge is 3.00 e. The maximum Gasteiger partial charge on any atom is 3.00 e. The van der Waals surface area contributed by atoms with Gasteiger partial charge in [0.1, 0.15) is 31.6 Å². The second-order valence-corrected chi connectivity index (χ2v) is 14.2. The van der Waals surface area contributed by atoms with Crippen molar-refractivity contribution in [1.29, 1.82) is 0 Å². The predicted molar refractivity (Wildman–Crippen MR) is 185 cm³/mol. The van der Waals surface area contributed by atoms with Crippen molar-refractivity contribution in [3.63, 3.8) is 0 Å². The molecule has 0 saturated heterocycles. The van der Waals surface area contributed by atoms with E-state index < -0.39 is 63.1 Å². The van der Waals surface area contributed by atoms with Gasteiger partial charge < -0.3 is 29.5 Å². The number of azo groups is 2. The maximum atomic E-state index is 12.5. The summed E-state index contributed by atoms with van der Waals surface area (Å²) in [6.07, 6.45) is 0. The van der Waals surface area contributed by atoms with Gasteiger partial charge in [0.2, 0.25) is 0 Å². The molecule has 6 aromatic rings. The van der Waals surface area contributed by atoms with E-state index in [1.54, 1.807) is 0 Å². The molecule has 0 saturated carbocycles. The Morgan fingerprint density at radius 3 is 1.11 bits per heavy atom. The first-order valence-corrected chi connectivity index (χ1v) is 18.4. The van der Waals surface area contributed by atoms with Gasteiger partial charge in [-0.3, -0.25) is 20.2 Å². The van der Waals surface area contributed by atoms with Crippen LogP contribution in [0.1, 0.15) is 11.4 Å². The number of hydrogen-bond donors (Lipinski definition) is 0. The number of nitrogens with zero attached hydrogens (tertiary/aromatic N) is 10. The Hall–Kier alpha value is -4.16. The smallest absolute Gasteiger partial charge is 0.871 e. The van der Waals surface area contributed by atoms with Gasteiger partial charge in [-0.1, -0.05) is 23.6 Å². The Labute approximate surface area is 426 Å². The number of nitro benzene ring substituents is 2. The molecule has 0 spiro atoms. The number of non-ortho nitro benzene ring substituents is 2. The van der Waals surface area contributed by atoms with E-state index in [2.05, 4.69) is 30.7 Å². The van der Waals surface area contributed by atoms with Crippen LogP contribution >= 0.6 is 0 Å². The minimum absolute atomic E-state index is 0. The van der Waals surface area contributed by atoms with Crippen molar-refractivity contribution >= 4 is 54.4 Å². The molecular formula is C32H20FeN10Na3O14S2. The summed E-state index contributed by atoms with van der Waals surface area (Å²) in [6.45, 7) is 2.91. The summed E-state index contributed by atoms with van der Waals surface area (Å²) < 4.78 is 67.7. The first-order chi connectivity index (χ1) is 27.1. The molecule has 4 aromatic carbocycles. The summed E-state index contributed by atoms with van der Waals surface area (Å²) in [5.74, 6) is -2.68. The molecular weight excluding hydrogens is 937 g/mol. The molecule has 24 nitrogen and oxygen atoms in total. The second-order valence-electron chi connectivity index (χ2n) is 11.4. The molecule has 6 rings (SSSR count). The van der Waals surface area contributed by atoms with Crippen LogP contribution < -0.4 is 109 Å². The molecule has 0 aliphatic rings. The van der Waals surface area contributed by atoms with E-state index in [-0.39, 0.29) is 163 Å². The summed E-state index contributed by atoms with van der Waals surface area (Å²) in [5, 5.41) is 92.9. The van der Waals surface area contributed by atoms with Crippen molar-refractivity contribution in [3.05, 3.63) is 117 Å². The van der Waals surface area contributed by atoms with Crippen molar-refractivity contribution in [2.24, 2.45) is 20.5 Å². The third-order valence-electron chi connectivity index (χ3n) is 7.54. The van der Waals surface area contributed by atoms with Crippen LogP contribution in [0.4, 0.5) is 34.1 Å². The Balaban J connectivity index is 0.000000582. The van der Waals surface area contributed by atoms with Gasteiger partial charge in [-0.25, -0.2) is 26.2 Å². The average molecular weight is 958 g/mol. The standard InChI is InChI=1S/2C16H13N5O7S.Fe.3Na/c2*1-9-15(18-17-13-8-11(21(24)25)4-7-14(13)22)16(23)20(19-9)10-2-5-12(6-3-10)29(26,27)28;;;;/h2*2-8,22-23H,1H3,(H,26,27,28);;;;/q;;+3;3*+1/p-6. The van der Waals surface area contributed by atoms with Crippen LogP contribution in [0.5, 0.6) is 23.3 Å². The average Bonchev–Trinajstić information content (AvgIpc) is 3.61. The number of aryl methyl sites for hydroxylation is 2. The SMILES string of the molecule is Cc1nn(-c2ccc(S(=O)(=O)[O-])cc2)c([O-])c1N=Nc1cc([N+](=O)[O-])ccc1[O-].Cc1nn(-c2ccc(S(=O)(=O)[O-])cc2)c([O-])c1N=Nc1cc([N+](=O)[O-])ccc1[O-].[Fe+3].[Na+].[Na+].[Na+]. The first-order valence-electron chi connectivity index (χ1n) is 15.6. The Bertz CT molecular complexity index is 2690. The van der Waals surface area contributed by atoms with Gasteiger partial charge in [-0.2, -0.15) is 20.4 Å². The molecule has 305 valence electrons. The number of nitro groups is 2. The van der Waals surface area contributed by atoms with Crippen molar-refractivity contribution in [1.82, 2.24) is 19.6 Å². The van der Waals surface area contributed by atoms with Crippen molar-refractivity contribution in [2.75, 3.05) is 0 Å². The van der Waals surface area contributed by atoms with Gasteiger partial charge in [-0.05, 0) is 62.4 Å². The predicted octanol–water partition coefficient (Wildman–Crippen LogP) is -5.88. The molecule has 0 bridgehead atoms. The van der Waals surface area contributed by atoms with Crippen LogP contribution in [0.3, 0.4) is 0 Å². The summed E-state index contributed by atoms with van der Waals surface area (Å²) >= 11 is 0. The summed E-state index contributed by atoms with van der Waals surface area (Å²) in [4.78, 5) is 19.3. The summed E-state index contributed by atoms with van der Waals surface area (Å²) in [6, 6.07) is 14.8. The van der Waals surface area contributed by atoms with Crippen molar-refractivity contribution in [3.8, 4) is 34.6 Å². The molecule has 1 radical (unpaired) electrons. The zero-order chi connectivity index (χ0) is 42.7. The van der Waals surface area contributed by atoms with E-state index in [0.717, 1.165) is 70.0 Å². The van der Waals surface area contributed by atoms with E-state index in [4.69, 9.17) is 0 Å². The van der Waals surface area contributed by atoms with Gasteiger partial charge in [0, 0.05) is 36.0 Å². The molecule has 0 unspecified atom stereocenters. The molecule has 0 aliphatic heterocycles. The van der Waals surface area contributed by atoms with Crippen LogP contribution in [-0.4, -0.2) is 55.3 Å². The summed E-state index contributed by atoms with van der Waals surface area (Å²) in [7, 11) is -9.27. The quantitative estimate of drug-likeness (QED) is 0.0406. The minimum atomic E-state index is -4.64. The molecule has 0 fully saturated rings. The molecule has 2 heterocycles. The molecule has 0 N–H and O–H groups in total. The van der Waals surface area contributed by atoms with E-state index in [9.17, 15) is 66.6 Å². The topological polar surface area (TPSA) is 378 Å². The van der Waals surface area contributed by atoms with E-state index >= 15 is 0 Å². The van der Waals surface area contributed by atoms with E-state index in [1.807, 2.05) is 0 Å². The fourth-order valence-corrected chi connectivity index (χ4v) is 5.63. The van der Waals surface area contributed by atoms with Gasteiger partial charge >= 0.3 is 106 Å². The first kappa shape index (κ1) is 55.9. The summed E-state index contributed by atoms with van der Waals surface area (Å²) in [5.41, 5.74) is -1.14. The Morgan fingerprint density at radius 2 is 0.839 bits per heavy atom.